The molecule has 1 fully saturated rings. The van der Waals surface area contributed by atoms with Gasteiger partial charge in [-0.3, -0.25) is 4.79 Å². The van der Waals surface area contributed by atoms with Crippen molar-refractivity contribution in [2.24, 2.45) is 0 Å². The quantitative estimate of drug-likeness (QED) is 0.734. The summed E-state index contributed by atoms with van der Waals surface area (Å²) in [7, 11) is 0. The second kappa shape index (κ2) is 9.62. The Hall–Kier alpha value is -2.24. The van der Waals surface area contributed by atoms with Gasteiger partial charge in [0.15, 0.2) is 0 Å². The molecule has 0 spiro atoms. The van der Waals surface area contributed by atoms with E-state index in [4.69, 9.17) is 25.8 Å². The molecule has 0 bridgehead atoms. The van der Waals surface area contributed by atoms with Crippen LogP contribution >= 0.6 is 11.6 Å². The highest BCUT2D eigenvalue weighted by Gasteiger charge is 2.17. The van der Waals surface area contributed by atoms with Gasteiger partial charge < -0.3 is 19.5 Å². The molecule has 1 aliphatic rings. The monoisotopic (exact) mass is 389 g/mol. The van der Waals surface area contributed by atoms with Crippen molar-refractivity contribution in [1.29, 1.82) is 0 Å². The lowest BCUT2D eigenvalue weighted by atomic mass is 10.1. The molecule has 1 amide bonds. The fourth-order valence-corrected chi connectivity index (χ4v) is 3.06. The predicted octanol–water partition coefficient (Wildman–Crippen LogP) is 4.23. The summed E-state index contributed by atoms with van der Waals surface area (Å²) < 4.78 is 17.0. The van der Waals surface area contributed by atoms with E-state index >= 15 is 0 Å². The molecule has 1 heterocycles. The minimum Gasteiger partial charge on any atom is -0.493 e. The first-order chi connectivity index (χ1) is 13.2. The summed E-state index contributed by atoms with van der Waals surface area (Å²) in [6, 6.07) is 12.5. The summed E-state index contributed by atoms with van der Waals surface area (Å²) in [6.07, 6.45) is 2.16. The third-order valence-corrected chi connectivity index (χ3v) is 4.60. The molecule has 1 atom stereocenters. The van der Waals surface area contributed by atoms with Crippen LogP contribution in [0.25, 0.3) is 0 Å². The van der Waals surface area contributed by atoms with E-state index in [2.05, 4.69) is 5.32 Å². The lowest BCUT2D eigenvalue weighted by molar-refractivity contribution is 0.0857. The topological polar surface area (TPSA) is 56.8 Å². The van der Waals surface area contributed by atoms with Crippen LogP contribution in [-0.2, 0) is 11.3 Å². The minimum absolute atomic E-state index is 0.115. The summed E-state index contributed by atoms with van der Waals surface area (Å²) in [4.78, 5) is 12.5. The molecule has 27 heavy (non-hydrogen) atoms. The first-order valence-electron chi connectivity index (χ1n) is 9.19. The lowest BCUT2D eigenvalue weighted by Gasteiger charge is -2.14. The second-order valence-electron chi connectivity index (χ2n) is 6.34. The van der Waals surface area contributed by atoms with Gasteiger partial charge in [0.25, 0.3) is 5.91 Å². The molecular formula is C21H24ClNO4. The molecular weight excluding hydrogens is 366 g/mol. The summed E-state index contributed by atoms with van der Waals surface area (Å²) in [5.74, 6) is 1.29. The van der Waals surface area contributed by atoms with E-state index < -0.39 is 0 Å². The maximum absolute atomic E-state index is 12.5. The zero-order chi connectivity index (χ0) is 19.1. The van der Waals surface area contributed by atoms with Crippen molar-refractivity contribution in [3.8, 4) is 11.5 Å². The van der Waals surface area contributed by atoms with E-state index in [1.54, 1.807) is 30.3 Å². The number of carbonyl (C=O) groups is 1. The molecule has 0 aliphatic carbocycles. The molecule has 1 N–H and O–H groups in total. The van der Waals surface area contributed by atoms with Crippen LogP contribution in [0.2, 0.25) is 5.02 Å². The maximum atomic E-state index is 12.5. The number of rotatable bonds is 8. The average Bonchev–Trinajstić information content (AvgIpc) is 3.20. The SMILES string of the molecule is CCOc1ccc(C(=O)NC[C@@H]2CCCO2)cc1COc1ccc(Cl)cc1. The molecule has 3 rings (SSSR count). The maximum Gasteiger partial charge on any atom is 0.251 e. The van der Waals surface area contributed by atoms with Crippen LogP contribution in [0.4, 0.5) is 0 Å². The Morgan fingerprint density at radius 2 is 2.04 bits per heavy atom. The van der Waals surface area contributed by atoms with Gasteiger partial charge in [-0.15, -0.1) is 0 Å². The van der Waals surface area contributed by atoms with Crippen LogP contribution in [0, 0.1) is 0 Å². The van der Waals surface area contributed by atoms with Crippen molar-refractivity contribution in [2.45, 2.75) is 32.5 Å². The summed E-state index contributed by atoms with van der Waals surface area (Å²) in [5.41, 5.74) is 1.39. The number of benzene rings is 2. The number of nitrogens with one attached hydrogen (secondary N) is 1. The van der Waals surface area contributed by atoms with Gasteiger partial charge >= 0.3 is 0 Å². The molecule has 2 aromatic carbocycles. The van der Waals surface area contributed by atoms with Crippen LogP contribution in [0.15, 0.2) is 42.5 Å². The first kappa shape index (κ1) is 19.5. The molecule has 1 saturated heterocycles. The van der Waals surface area contributed by atoms with Crippen molar-refractivity contribution in [1.82, 2.24) is 5.32 Å². The van der Waals surface area contributed by atoms with E-state index in [0.29, 0.717) is 41.8 Å². The molecule has 6 heteroatoms. The fraction of sp³-hybridized carbons (Fsp3) is 0.381. The summed E-state index contributed by atoms with van der Waals surface area (Å²) in [6.45, 7) is 4.06. The number of ether oxygens (including phenoxy) is 3. The van der Waals surface area contributed by atoms with Gasteiger partial charge in [0.05, 0.1) is 12.7 Å². The summed E-state index contributed by atoms with van der Waals surface area (Å²) >= 11 is 5.90. The minimum atomic E-state index is -0.124. The summed E-state index contributed by atoms with van der Waals surface area (Å²) in [5, 5.41) is 3.59. The Kier molecular flexibility index (Phi) is 6.96. The Bertz CT molecular complexity index is 757. The Balaban J connectivity index is 1.67. The molecule has 2 aromatic rings. The Morgan fingerprint density at radius 1 is 1.22 bits per heavy atom. The highest BCUT2D eigenvalue weighted by atomic mass is 35.5. The van der Waals surface area contributed by atoms with Gasteiger partial charge in [0.1, 0.15) is 18.1 Å². The van der Waals surface area contributed by atoms with Crippen molar-refractivity contribution >= 4 is 17.5 Å². The molecule has 144 valence electrons. The van der Waals surface area contributed by atoms with E-state index in [0.717, 1.165) is 25.0 Å². The van der Waals surface area contributed by atoms with Crippen molar-refractivity contribution in [3.63, 3.8) is 0 Å². The average molecular weight is 390 g/mol. The van der Waals surface area contributed by atoms with E-state index in [9.17, 15) is 4.79 Å². The van der Waals surface area contributed by atoms with E-state index in [-0.39, 0.29) is 12.0 Å². The zero-order valence-electron chi connectivity index (χ0n) is 15.4. The van der Waals surface area contributed by atoms with Gasteiger partial charge in [-0.1, -0.05) is 11.6 Å². The third kappa shape index (κ3) is 5.62. The lowest BCUT2D eigenvalue weighted by Crippen LogP contribution is -2.31. The molecule has 1 aliphatic heterocycles. The predicted molar refractivity (Wildman–Crippen MR) is 105 cm³/mol. The van der Waals surface area contributed by atoms with Gasteiger partial charge in [0.2, 0.25) is 0 Å². The van der Waals surface area contributed by atoms with Crippen LogP contribution in [0.3, 0.4) is 0 Å². The molecule has 0 saturated carbocycles. The third-order valence-electron chi connectivity index (χ3n) is 4.34. The standard InChI is InChI=1S/C21H24ClNO4/c1-2-25-20-10-5-15(21(24)23-13-19-4-3-11-26-19)12-16(20)14-27-18-8-6-17(22)7-9-18/h5-10,12,19H,2-4,11,13-14H2,1H3,(H,23,24)/t19-/m0/s1. The smallest absolute Gasteiger partial charge is 0.251 e. The highest BCUT2D eigenvalue weighted by Crippen LogP contribution is 2.24. The van der Waals surface area contributed by atoms with E-state index in [1.807, 2.05) is 19.1 Å². The Labute approximate surface area is 164 Å². The normalized spacial score (nSPS) is 16.1. The zero-order valence-corrected chi connectivity index (χ0v) is 16.1. The molecule has 5 nitrogen and oxygen atoms in total. The van der Waals surface area contributed by atoms with Gasteiger partial charge in [-0.25, -0.2) is 0 Å². The Morgan fingerprint density at radius 3 is 2.74 bits per heavy atom. The number of hydrogen-bond acceptors (Lipinski definition) is 4. The molecule has 0 radical (unpaired) electrons. The van der Waals surface area contributed by atoms with Crippen LogP contribution in [-0.4, -0.2) is 31.8 Å². The molecule has 0 aromatic heterocycles. The van der Waals surface area contributed by atoms with Gasteiger partial charge in [-0.2, -0.15) is 0 Å². The highest BCUT2D eigenvalue weighted by molar-refractivity contribution is 6.30. The van der Waals surface area contributed by atoms with Crippen molar-refractivity contribution in [3.05, 3.63) is 58.6 Å². The largest absolute Gasteiger partial charge is 0.493 e. The number of amides is 1. The van der Waals surface area contributed by atoms with Gasteiger partial charge in [0, 0.05) is 29.3 Å². The fourth-order valence-electron chi connectivity index (χ4n) is 2.94. The van der Waals surface area contributed by atoms with Crippen molar-refractivity contribution < 1.29 is 19.0 Å². The van der Waals surface area contributed by atoms with E-state index in [1.165, 1.54) is 0 Å². The second-order valence-corrected chi connectivity index (χ2v) is 6.78. The number of carbonyl (C=O) groups excluding carboxylic acids is 1. The number of halogens is 1. The first-order valence-corrected chi connectivity index (χ1v) is 9.57. The molecule has 0 unspecified atom stereocenters. The van der Waals surface area contributed by atoms with Crippen LogP contribution in [0.5, 0.6) is 11.5 Å². The van der Waals surface area contributed by atoms with Crippen LogP contribution in [0.1, 0.15) is 35.7 Å². The van der Waals surface area contributed by atoms with Gasteiger partial charge in [-0.05, 0) is 62.2 Å². The van der Waals surface area contributed by atoms with Crippen molar-refractivity contribution in [2.75, 3.05) is 19.8 Å². The van der Waals surface area contributed by atoms with Crippen LogP contribution < -0.4 is 14.8 Å². The number of hydrogen-bond donors (Lipinski definition) is 1.